The van der Waals surface area contributed by atoms with Gasteiger partial charge in [0.05, 0.1) is 15.6 Å². The van der Waals surface area contributed by atoms with Gasteiger partial charge in [-0.3, -0.25) is 10.1 Å². The van der Waals surface area contributed by atoms with Crippen LogP contribution < -0.4 is 10.2 Å². The molecule has 2 heterocycles. The Bertz CT molecular complexity index is 561. The van der Waals surface area contributed by atoms with Crippen molar-refractivity contribution in [3.63, 3.8) is 0 Å². The predicted octanol–water partition coefficient (Wildman–Crippen LogP) is 2.68. The van der Waals surface area contributed by atoms with Crippen LogP contribution in [0.15, 0.2) is 18.2 Å². The van der Waals surface area contributed by atoms with Crippen LogP contribution in [0.2, 0.25) is 5.02 Å². The number of fused-ring (bicyclic) bond motifs is 1. The molecule has 2 atom stereocenters. The van der Waals surface area contributed by atoms with Crippen molar-refractivity contribution < 1.29 is 4.92 Å². The van der Waals surface area contributed by atoms with Gasteiger partial charge in [-0.15, -0.1) is 0 Å². The Balaban J connectivity index is 1.95. The fraction of sp³-hybridized carbons (Fsp3) is 0.571. The van der Waals surface area contributed by atoms with Crippen molar-refractivity contribution >= 4 is 23.0 Å². The molecular weight excluding hydrogens is 278 g/mol. The van der Waals surface area contributed by atoms with Crippen LogP contribution in [0.4, 0.5) is 11.4 Å². The highest BCUT2D eigenvalue weighted by molar-refractivity contribution is 6.33. The first-order valence-corrected chi connectivity index (χ1v) is 7.21. The zero-order valence-corrected chi connectivity index (χ0v) is 12.4. The zero-order chi connectivity index (χ0) is 14.5. The van der Waals surface area contributed by atoms with Crippen molar-refractivity contribution in [1.82, 2.24) is 5.32 Å². The average molecular weight is 296 g/mol. The molecule has 6 heteroatoms. The minimum absolute atomic E-state index is 0.00788. The maximum Gasteiger partial charge on any atom is 0.271 e. The molecule has 2 unspecified atom stereocenters. The molecule has 108 valence electrons. The van der Waals surface area contributed by atoms with Gasteiger partial charge < -0.3 is 10.2 Å². The molecule has 1 aromatic carbocycles. The summed E-state index contributed by atoms with van der Waals surface area (Å²) in [7, 11) is 0. The second kappa shape index (κ2) is 4.60. The van der Waals surface area contributed by atoms with E-state index in [4.69, 9.17) is 11.6 Å². The van der Waals surface area contributed by atoms with Crippen molar-refractivity contribution in [3.05, 3.63) is 33.3 Å². The standard InChI is InChI=1S/C14H18ClN3O2/c1-14(2)11-7-16-6-9(11)8-17(14)13-4-3-10(18(19)20)5-12(13)15/h3-5,9,11,16H,6-8H2,1-2H3. The molecule has 5 nitrogen and oxygen atoms in total. The summed E-state index contributed by atoms with van der Waals surface area (Å²) < 4.78 is 0. The van der Waals surface area contributed by atoms with Crippen LogP contribution in [-0.2, 0) is 0 Å². The Hall–Kier alpha value is -1.33. The lowest BCUT2D eigenvalue weighted by molar-refractivity contribution is -0.384. The van der Waals surface area contributed by atoms with Crippen LogP contribution in [0.1, 0.15) is 13.8 Å². The van der Waals surface area contributed by atoms with Crippen LogP contribution in [-0.4, -0.2) is 30.1 Å². The summed E-state index contributed by atoms with van der Waals surface area (Å²) in [6.07, 6.45) is 0. The Morgan fingerprint density at radius 2 is 2.20 bits per heavy atom. The van der Waals surface area contributed by atoms with Gasteiger partial charge in [-0.2, -0.15) is 0 Å². The van der Waals surface area contributed by atoms with E-state index >= 15 is 0 Å². The predicted molar refractivity (Wildman–Crippen MR) is 79.4 cm³/mol. The van der Waals surface area contributed by atoms with Crippen molar-refractivity contribution in [2.75, 3.05) is 24.5 Å². The molecule has 0 bridgehead atoms. The SMILES string of the molecule is CC1(C)C2CNCC2CN1c1ccc([N+](=O)[O-])cc1Cl. The first-order valence-electron chi connectivity index (χ1n) is 6.83. The second-order valence-electron chi connectivity index (χ2n) is 6.18. The molecule has 2 aliphatic heterocycles. The summed E-state index contributed by atoms with van der Waals surface area (Å²) in [6.45, 7) is 7.46. The third-order valence-electron chi connectivity index (χ3n) is 4.79. The highest BCUT2D eigenvalue weighted by Crippen LogP contribution is 2.45. The van der Waals surface area contributed by atoms with Gasteiger partial charge in [0.1, 0.15) is 0 Å². The summed E-state index contributed by atoms with van der Waals surface area (Å²) in [5, 5.41) is 14.7. The van der Waals surface area contributed by atoms with Crippen LogP contribution in [0.25, 0.3) is 0 Å². The Labute approximate surface area is 123 Å². The molecule has 0 radical (unpaired) electrons. The van der Waals surface area contributed by atoms with Gasteiger partial charge in [-0.05, 0) is 31.7 Å². The third-order valence-corrected chi connectivity index (χ3v) is 5.10. The van der Waals surface area contributed by atoms with Gasteiger partial charge in [0.15, 0.2) is 0 Å². The van der Waals surface area contributed by atoms with Crippen molar-refractivity contribution in [2.45, 2.75) is 19.4 Å². The van der Waals surface area contributed by atoms with Gasteiger partial charge in [-0.25, -0.2) is 0 Å². The molecule has 0 spiro atoms. The van der Waals surface area contributed by atoms with Crippen LogP contribution >= 0.6 is 11.6 Å². The number of anilines is 1. The fourth-order valence-electron chi connectivity index (χ4n) is 3.66. The Morgan fingerprint density at radius 1 is 1.45 bits per heavy atom. The average Bonchev–Trinajstić information content (AvgIpc) is 2.92. The number of nitro groups is 1. The molecular formula is C14H18ClN3O2. The Morgan fingerprint density at radius 3 is 2.80 bits per heavy atom. The molecule has 20 heavy (non-hydrogen) atoms. The van der Waals surface area contributed by atoms with E-state index in [0.29, 0.717) is 16.9 Å². The minimum Gasteiger partial charge on any atom is -0.365 e. The largest absolute Gasteiger partial charge is 0.365 e. The first kappa shape index (κ1) is 13.6. The zero-order valence-electron chi connectivity index (χ0n) is 11.6. The number of benzene rings is 1. The number of hydrogen-bond donors (Lipinski definition) is 1. The van der Waals surface area contributed by atoms with E-state index in [1.807, 2.05) is 0 Å². The van der Waals surface area contributed by atoms with E-state index in [1.165, 1.54) is 12.1 Å². The van der Waals surface area contributed by atoms with Crippen molar-refractivity contribution in [3.8, 4) is 0 Å². The van der Waals surface area contributed by atoms with Gasteiger partial charge in [-0.1, -0.05) is 11.6 Å². The number of hydrogen-bond acceptors (Lipinski definition) is 4. The number of halogens is 1. The lowest BCUT2D eigenvalue weighted by Crippen LogP contribution is -2.44. The highest BCUT2D eigenvalue weighted by Gasteiger charge is 2.49. The lowest BCUT2D eigenvalue weighted by Gasteiger charge is -2.37. The highest BCUT2D eigenvalue weighted by atomic mass is 35.5. The summed E-state index contributed by atoms with van der Waals surface area (Å²) in [5.41, 5.74) is 0.947. The first-order chi connectivity index (χ1) is 9.41. The molecule has 0 amide bonds. The number of nitro benzene ring substituents is 1. The van der Waals surface area contributed by atoms with Crippen LogP contribution in [0.5, 0.6) is 0 Å². The molecule has 1 aromatic rings. The molecule has 3 rings (SSSR count). The number of nitrogens with one attached hydrogen (secondary N) is 1. The number of non-ortho nitro benzene ring substituents is 1. The van der Waals surface area contributed by atoms with Crippen molar-refractivity contribution in [1.29, 1.82) is 0 Å². The monoisotopic (exact) mass is 295 g/mol. The molecule has 0 saturated carbocycles. The summed E-state index contributed by atoms with van der Waals surface area (Å²) >= 11 is 6.28. The third kappa shape index (κ3) is 1.96. The normalized spacial score (nSPS) is 27.6. The van der Waals surface area contributed by atoms with E-state index < -0.39 is 4.92 Å². The molecule has 2 aliphatic rings. The molecule has 2 fully saturated rings. The van der Waals surface area contributed by atoms with Gasteiger partial charge in [0, 0.05) is 37.3 Å². The maximum atomic E-state index is 10.8. The van der Waals surface area contributed by atoms with E-state index in [0.717, 1.165) is 25.3 Å². The number of nitrogens with zero attached hydrogens (tertiary/aromatic N) is 2. The minimum atomic E-state index is -0.413. The van der Waals surface area contributed by atoms with Crippen LogP contribution in [0, 0.1) is 22.0 Å². The molecule has 1 N–H and O–H groups in total. The van der Waals surface area contributed by atoms with E-state index in [2.05, 4.69) is 24.1 Å². The van der Waals surface area contributed by atoms with Crippen molar-refractivity contribution in [2.24, 2.45) is 11.8 Å². The summed E-state index contributed by atoms with van der Waals surface area (Å²) in [5.74, 6) is 1.21. The van der Waals surface area contributed by atoms with Gasteiger partial charge >= 0.3 is 0 Å². The Kier molecular flexibility index (Phi) is 3.14. The molecule has 0 aromatic heterocycles. The van der Waals surface area contributed by atoms with E-state index in [9.17, 15) is 10.1 Å². The van der Waals surface area contributed by atoms with E-state index in [1.54, 1.807) is 6.07 Å². The lowest BCUT2D eigenvalue weighted by atomic mass is 9.84. The van der Waals surface area contributed by atoms with Gasteiger partial charge in [0.2, 0.25) is 0 Å². The summed E-state index contributed by atoms with van der Waals surface area (Å²) in [6, 6.07) is 4.75. The summed E-state index contributed by atoms with van der Waals surface area (Å²) in [4.78, 5) is 12.7. The second-order valence-corrected chi connectivity index (χ2v) is 6.59. The quantitative estimate of drug-likeness (QED) is 0.673. The van der Waals surface area contributed by atoms with E-state index in [-0.39, 0.29) is 11.2 Å². The topological polar surface area (TPSA) is 58.4 Å². The molecule has 0 aliphatic carbocycles. The molecule has 2 saturated heterocycles. The fourth-order valence-corrected chi connectivity index (χ4v) is 3.94. The van der Waals surface area contributed by atoms with Crippen LogP contribution in [0.3, 0.4) is 0 Å². The number of rotatable bonds is 2. The van der Waals surface area contributed by atoms with Gasteiger partial charge in [0.25, 0.3) is 5.69 Å². The smallest absolute Gasteiger partial charge is 0.271 e. The maximum absolute atomic E-state index is 10.8.